The zero-order valence-corrected chi connectivity index (χ0v) is 88.2. The number of para-hydroxylation sites is 1. The molecule has 0 aliphatic carbocycles. The summed E-state index contributed by atoms with van der Waals surface area (Å²) < 4.78 is 0. The van der Waals surface area contributed by atoms with E-state index in [4.69, 9.17) is 28.7 Å². The van der Waals surface area contributed by atoms with E-state index in [1.807, 2.05) is 6.07 Å². The van der Waals surface area contributed by atoms with E-state index in [-0.39, 0.29) is 113 Å². The minimum absolute atomic E-state index is 0.00874. The number of H-pyrrole nitrogens is 1. The minimum Gasteiger partial charge on any atom is -0.508 e. The number of nitrogens with two attached hydrogens (primary N) is 5. The quantitative estimate of drug-likeness (QED) is 0.0337. The third kappa shape index (κ3) is 49.6. The lowest BCUT2D eigenvalue weighted by Crippen LogP contribution is -2.62. The highest BCUT2D eigenvalue weighted by Crippen LogP contribution is 2.24. The number of carbonyl (C=O) groups is 19. The molecule has 4 rings (SSSR count). The Morgan fingerprint density at radius 3 is 1.36 bits per heavy atom. The molecule has 1 saturated heterocycles. The number of carbonyl (C=O) groups excluding carboxylic acids is 19. The molecule has 1 fully saturated rings. The maximum Gasteiger partial charge on any atom is 0.245 e. The number of nitrogens with one attached hydrogen (secondary N) is 17. The Hall–Kier alpha value is -12.5. The van der Waals surface area contributed by atoms with Gasteiger partial charge in [0.2, 0.25) is 112 Å². The van der Waals surface area contributed by atoms with Crippen molar-refractivity contribution >= 4 is 123 Å². The summed E-state index contributed by atoms with van der Waals surface area (Å²) in [5, 5.41) is 73.4. The van der Waals surface area contributed by atoms with Crippen LogP contribution < -0.4 is 114 Å². The zero-order valence-electron chi connectivity index (χ0n) is 88.2. The standard InChI is InChI=1S/C103H171N23O22/c1-11-12-13-14-15-16-17-18-19-20-21-22-23-42-86(132)109-50-33-29-40-75(93(138)116-73(90(108)135)37-26-30-47-104)118-94(139)74(38-27-31-48-105)117-95(140)76(39-28-32-49-106)119-102(147)84-41-34-51-126(84)88(134)60-112-92(137)77(52-62(2)3)120-96(141)78(53-63(4)5)121-98(143)80(55-68-43-45-70(130)46-44-68)115-87(133)59-111-91(136)65(8)113-101(146)83(61-127)124-99(144)82(57-85(107)131)122-97(142)79(54-64(6)7)123-103(148)89(66(9)128)125-100(145)81(114-67(10)129)56-69-58-110-72-36-25-24-35-71(69)72/h24-25,35-36,43-46,58,62-66,73-84,89,110,127-128,130H,11-23,26-34,37-42,47-57,59-61,104-106H2,1-10H3,(H2,107,131)(H2,108,135)(H,109,132)(H,111,136)(H,112,137)(H,113,146)(H,114,129)(H,115,133)(H,116,138)(H,117,140)(H,118,139)(H,119,147)(H,120,141)(H,121,143)(H,122,142)(H,123,148)(H,124,144)(H,125,145)/t65-,66+,73-,74-,75-,76-,77-,78-,79-,80-,81-,82-,83-,84-,89-/m0/s1. The van der Waals surface area contributed by atoms with E-state index < -0.39 is 223 Å². The number of hydrogen-bond donors (Lipinski definition) is 25. The lowest BCUT2D eigenvalue weighted by atomic mass is 9.99. The van der Waals surface area contributed by atoms with Crippen LogP contribution in [0.4, 0.5) is 0 Å². The van der Waals surface area contributed by atoms with E-state index in [1.54, 1.807) is 65.9 Å². The first-order chi connectivity index (χ1) is 70.4. The Morgan fingerprint density at radius 2 is 0.851 bits per heavy atom. The van der Waals surface area contributed by atoms with Gasteiger partial charge in [0.1, 0.15) is 90.3 Å². The van der Waals surface area contributed by atoms with Gasteiger partial charge in [-0.05, 0) is 196 Å². The van der Waals surface area contributed by atoms with Crippen LogP contribution in [0.25, 0.3) is 10.9 Å². The van der Waals surface area contributed by atoms with Crippen LogP contribution in [0.3, 0.4) is 0 Å². The maximum absolute atomic E-state index is 14.7. The van der Waals surface area contributed by atoms with Gasteiger partial charge in [-0.25, -0.2) is 0 Å². The average Bonchev–Trinajstić information content (AvgIpc) is 1.93. The number of hydrogen-bond acceptors (Lipinski definition) is 25. The highest BCUT2D eigenvalue weighted by molar-refractivity contribution is 6.02. The molecule has 45 heteroatoms. The number of primary amides is 2. The Labute approximate surface area is 869 Å². The van der Waals surface area contributed by atoms with Gasteiger partial charge in [-0.3, -0.25) is 91.1 Å². The molecule has 0 spiro atoms. The molecule has 3 aromatic rings. The van der Waals surface area contributed by atoms with Crippen LogP contribution in [0.15, 0.2) is 54.7 Å². The van der Waals surface area contributed by atoms with Crippen molar-refractivity contribution < 1.29 is 106 Å². The number of aromatic nitrogens is 1. The van der Waals surface area contributed by atoms with E-state index in [0.717, 1.165) is 36.6 Å². The highest BCUT2D eigenvalue weighted by atomic mass is 16.3. The molecule has 0 saturated carbocycles. The largest absolute Gasteiger partial charge is 0.508 e. The second kappa shape index (κ2) is 70.4. The summed E-state index contributed by atoms with van der Waals surface area (Å²) in [4.78, 5) is 268. The summed E-state index contributed by atoms with van der Waals surface area (Å²) in [7, 11) is 0. The molecule has 830 valence electrons. The second-order valence-electron chi connectivity index (χ2n) is 39.8. The van der Waals surface area contributed by atoms with Gasteiger partial charge in [0, 0.05) is 56.4 Å². The number of fused-ring (bicyclic) bond motifs is 1. The molecule has 0 radical (unpaired) electrons. The van der Waals surface area contributed by atoms with Crippen LogP contribution in [-0.2, 0) is 104 Å². The third-order valence-electron chi connectivity index (χ3n) is 25.4. The number of amides is 19. The molecule has 0 bridgehead atoms. The number of unbranched alkanes of at least 4 members (excludes halogenated alkanes) is 16. The first kappa shape index (κ1) is 128. The fourth-order valence-electron chi connectivity index (χ4n) is 17.2. The highest BCUT2D eigenvalue weighted by Gasteiger charge is 2.41. The van der Waals surface area contributed by atoms with Crippen molar-refractivity contribution in [3.05, 3.63) is 65.9 Å². The van der Waals surface area contributed by atoms with Crippen molar-refractivity contribution in [1.82, 2.24) is 95.0 Å². The van der Waals surface area contributed by atoms with Crippen molar-refractivity contribution in [1.29, 1.82) is 0 Å². The number of aliphatic hydroxyl groups excluding tert-OH is 2. The van der Waals surface area contributed by atoms with Gasteiger partial charge in [-0.2, -0.15) is 0 Å². The predicted octanol–water partition coefficient (Wildman–Crippen LogP) is 0.251. The van der Waals surface area contributed by atoms with E-state index in [1.165, 1.54) is 108 Å². The summed E-state index contributed by atoms with van der Waals surface area (Å²) in [6.45, 7) is 14.7. The smallest absolute Gasteiger partial charge is 0.245 e. The molecule has 19 amide bonds. The number of likely N-dealkylation sites (tertiary alicyclic amines) is 1. The number of rotatable bonds is 76. The summed E-state index contributed by atoms with van der Waals surface area (Å²) in [6, 6.07) is -7.33. The molecular weight excluding hydrogens is 1910 g/mol. The molecule has 0 unspecified atom stereocenters. The monoisotopic (exact) mass is 2080 g/mol. The van der Waals surface area contributed by atoms with Crippen molar-refractivity contribution in [3.63, 3.8) is 0 Å². The SMILES string of the molecule is CCCCCCCCCCCCCCCC(=O)NCCCC[C@H](NC(=O)[C@H](CCCCN)NC(=O)[C@H](CCCCN)NC(=O)[C@@H]1CCCN1C(=O)CNC(=O)[C@H](CC(C)C)NC(=O)[C@H](CC(C)C)NC(=O)[C@H](Cc1ccc(O)cc1)NC(=O)CNC(=O)[C@H](C)NC(=O)[C@H](CO)NC(=O)[C@H](CC(N)=O)NC(=O)[C@H](CC(C)C)NC(=O)[C@@H](NC(=O)[C@H](Cc1c[nH]c2ccccc12)NC(C)=O)[C@@H](C)O)C(=O)N[C@@H](CCCCN)C(N)=O. The number of aliphatic hydroxyl groups is 2. The van der Waals surface area contributed by atoms with E-state index in [0.29, 0.717) is 88.4 Å². The molecule has 148 heavy (non-hydrogen) atoms. The second-order valence-corrected chi connectivity index (χ2v) is 39.8. The fourth-order valence-corrected chi connectivity index (χ4v) is 17.2. The Balaban J connectivity index is 1.43. The number of benzene rings is 2. The molecule has 1 aromatic heterocycles. The first-order valence-corrected chi connectivity index (χ1v) is 52.8. The van der Waals surface area contributed by atoms with Gasteiger partial charge in [-0.15, -0.1) is 0 Å². The lowest BCUT2D eigenvalue weighted by Gasteiger charge is -2.29. The lowest BCUT2D eigenvalue weighted by molar-refractivity contribution is -0.140. The fraction of sp³-hybridized carbons (Fsp3) is 0.680. The number of aromatic hydroxyl groups is 1. The van der Waals surface area contributed by atoms with Crippen LogP contribution in [0.2, 0.25) is 0 Å². The molecule has 2 heterocycles. The molecule has 1 aliphatic heterocycles. The summed E-state index contributed by atoms with van der Waals surface area (Å²) in [5.41, 5.74) is 30.6. The van der Waals surface area contributed by atoms with Gasteiger partial charge in [0.15, 0.2) is 0 Å². The number of phenolic OH excluding ortho intramolecular Hbond substituents is 1. The van der Waals surface area contributed by atoms with Gasteiger partial charge in [0.25, 0.3) is 0 Å². The van der Waals surface area contributed by atoms with E-state index in [9.17, 15) is 106 Å². The summed E-state index contributed by atoms with van der Waals surface area (Å²) in [6.07, 6.45) is 18.6. The predicted molar refractivity (Wildman–Crippen MR) is 557 cm³/mol. The molecule has 1 aliphatic rings. The van der Waals surface area contributed by atoms with Crippen molar-refractivity contribution in [3.8, 4) is 5.75 Å². The summed E-state index contributed by atoms with van der Waals surface area (Å²) in [5.74, 6) is -17.3. The van der Waals surface area contributed by atoms with E-state index in [2.05, 4.69) is 97.0 Å². The van der Waals surface area contributed by atoms with Gasteiger partial charge in [0.05, 0.1) is 32.2 Å². The average molecular weight is 2080 g/mol. The van der Waals surface area contributed by atoms with Gasteiger partial charge >= 0.3 is 0 Å². The van der Waals surface area contributed by atoms with E-state index >= 15 is 0 Å². The number of phenols is 1. The van der Waals surface area contributed by atoms with Crippen molar-refractivity contribution in [2.45, 2.75) is 378 Å². The third-order valence-corrected chi connectivity index (χ3v) is 25.4. The van der Waals surface area contributed by atoms with Crippen molar-refractivity contribution in [2.24, 2.45) is 46.4 Å². The Morgan fingerprint density at radius 1 is 0.419 bits per heavy atom. The zero-order chi connectivity index (χ0) is 110. The van der Waals surface area contributed by atoms with Gasteiger partial charge in [-0.1, -0.05) is 156 Å². The molecule has 2 aromatic carbocycles. The first-order valence-electron chi connectivity index (χ1n) is 52.8. The van der Waals surface area contributed by atoms with Crippen molar-refractivity contribution in [2.75, 3.05) is 52.4 Å². The van der Waals surface area contributed by atoms with Gasteiger partial charge < -0.3 is 139 Å². The Kier molecular flexibility index (Phi) is 60.8. The molecule has 30 N–H and O–H groups in total. The molecule has 45 nitrogen and oxygen atoms in total. The number of aromatic amines is 1. The van der Waals surface area contributed by atoms with Crippen LogP contribution in [0.5, 0.6) is 5.75 Å². The van der Waals surface area contributed by atoms with Crippen LogP contribution >= 0.6 is 0 Å². The normalized spacial score (nSPS) is 15.2. The molecular formula is C103H171N23O22. The Bertz CT molecular complexity index is 4710. The van der Waals surface area contributed by atoms with Crippen LogP contribution in [0, 0.1) is 17.8 Å². The number of nitrogens with zero attached hydrogens (tertiary/aromatic N) is 1. The summed E-state index contributed by atoms with van der Waals surface area (Å²) >= 11 is 0. The molecule has 15 atom stereocenters. The van der Waals surface area contributed by atoms with Crippen LogP contribution in [-0.4, -0.2) is 281 Å². The maximum atomic E-state index is 14.7. The van der Waals surface area contributed by atoms with Crippen LogP contribution in [0.1, 0.15) is 286 Å². The minimum atomic E-state index is -1.89. The topological polar surface area (TPSA) is 727 Å².